The van der Waals surface area contributed by atoms with E-state index in [1.54, 1.807) is 6.08 Å². The van der Waals surface area contributed by atoms with Gasteiger partial charge in [-0.15, -0.1) is 0 Å². The lowest BCUT2D eigenvalue weighted by Crippen LogP contribution is -2.00. The van der Waals surface area contributed by atoms with Crippen LogP contribution in [0, 0.1) is 5.92 Å². The van der Waals surface area contributed by atoms with E-state index < -0.39 is 0 Å². The summed E-state index contributed by atoms with van der Waals surface area (Å²) in [5.41, 5.74) is 5.25. The average molecular weight is 306 g/mol. The summed E-state index contributed by atoms with van der Waals surface area (Å²) in [4.78, 5) is 11.4. The molecule has 0 aromatic heterocycles. The Morgan fingerprint density at radius 2 is 1.73 bits per heavy atom. The Balaban J connectivity index is 4.29. The SMILES string of the molecule is CCOC(=O)C=C(C)C=C(C)CC(C)CCCC(C)=C(C)C. The Kier molecular flexibility index (Phi) is 10.6. The van der Waals surface area contributed by atoms with Gasteiger partial charge in [0.1, 0.15) is 0 Å². The van der Waals surface area contributed by atoms with E-state index in [0.717, 1.165) is 12.0 Å². The van der Waals surface area contributed by atoms with E-state index in [2.05, 4.69) is 40.7 Å². The highest BCUT2D eigenvalue weighted by molar-refractivity contribution is 5.83. The first-order valence-electron chi connectivity index (χ1n) is 8.41. The van der Waals surface area contributed by atoms with Crippen LogP contribution in [0.4, 0.5) is 0 Å². The van der Waals surface area contributed by atoms with Crippen LogP contribution in [0.15, 0.2) is 34.4 Å². The third-order valence-electron chi connectivity index (χ3n) is 3.88. The smallest absolute Gasteiger partial charge is 0.330 e. The van der Waals surface area contributed by atoms with E-state index in [1.165, 1.54) is 36.0 Å². The molecule has 0 bridgehead atoms. The highest BCUT2D eigenvalue weighted by atomic mass is 16.5. The lowest BCUT2D eigenvalue weighted by Gasteiger charge is -2.12. The Labute approximate surface area is 137 Å². The maximum atomic E-state index is 11.4. The van der Waals surface area contributed by atoms with Crippen molar-refractivity contribution in [1.82, 2.24) is 0 Å². The highest BCUT2D eigenvalue weighted by Crippen LogP contribution is 2.20. The fraction of sp³-hybridized carbons (Fsp3) is 0.650. The van der Waals surface area contributed by atoms with E-state index in [4.69, 9.17) is 4.74 Å². The summed E-state index contributed by atoms with van der Waals surface area (Å²) < 4.78 is 4.92. The summed E-state index contributed by atoms with van der Waals surface area (Å²) in [6.07, 6.45) is 8.45. The van der Waals surface area contributed by atoms with Crippen LogP contribution in [0.3, 0.4) is 0 Å². The largest absolute Gasteiger partial charge is 0.463 e. The van der Waals surface area contributed by atoms with Crippen molar-refractivity contribution in [2.45, 2.75) is 74.1 Å². The van der Waals surface area contributed by atoms with Crippen molar-refractivity contribution in [3.8, 4) is 0 Å². The molecule has 0 radical (unpaired) electrons. The summed E-state index contributed by atoms with van der Waals surface area (Å²) in [5.74, 6) is 0.422. The third-order valence-corrected chi connectivity index (χ3v) is 3.88. The van der Waals surface area contributed by atoms with Gasteiger partial charge in [0.05, 0.1) is 6.61 Å². The molecule has 0 N–H and O–H groups in total. The van der Waals surface area contributed by atoms with E-state index in [-0.39, 0.29) is 5.97 Å². The molecule has 0 aliphatic carbocycles. The summed E-state index contributed by atoms with van der Waals surface area (Å²) in [7, 11) is 0. The van der Waals surface area contributed by atoms with Crippen molar-refractivity contribution >= 4 is 5.97 Å². The van der Waals surface area contributed by atoms with Gasteiger partial charge in [-0.25, -0.2) is 4.79 Å². The van der Waals surface area contributed by atoms with Crippen molar-refractivity contribution in [2.75, 3.05) is 6.61 Å². The molecule has 2 nitrogen and oxygen atoms in total. The van der Waals surface area contributed by atoms with Crippen molar-refractivity contribution in [3.05, 3.63) is 34.4 Å². The van der Waals surface area contributed by atoms with Crippen LogP contribution >= 0.6 is 0 Å². The van der Waals surface area contributed by atoms with Gasteiger partial charge >= 0.3 is 5.97 Å². The third kappa shape index (κ3) is 10.4. The number of ether oxygens (including phenoxy) is 1. The number of allylic oxidation sites excluding steroid dienone is 5. The molecule has 0 aromatic rings. The molecular weight excluding hydrogens is 272 g/mol. The minimum atomic E-state index is -0.255. The van der Waals surface area contributed by atoms with Crippen molar-refractivity contribution in [3.63, 3.8) is 0 Å². The first-order chi connectivity index (χ1) is 10.3. The molecule has 0 aliphatic rings. The number of hydrogen-bond acceptors (Lipinski definition) is 2. The Morgan fingerprint density at radius 3 is 2.27 bits per heavy atom. The van der Waals surface area contributed by atoms with Crippen LogP contribution in [-0.2, 0) is 9.53 Å². The molecule has 1 atom stereocenters. The number of carbonyl (C=O) groups excluding carboxylic acids is 1. The van der Waals surface area contributed by atoms with Crippen LogP contribution in [0.1, 0.15) is 74.1 Å². The normalized spacial score (nSPS) is 13.8. The highest BCUT2D eigenvalue weighted by Gasteiger charge is 2.04. The zero-order chi connectivity index (χ0) is 17.1. The lowest BCUT2D eigenvalue weighted by molar-refractivity contribution is -0.137. The van der Waals surface area contributed by atoms with Gasteiger partial charge < -0.3 is 4.74 Å². The van der Waals surface area contributed by atoms with Crippen molar-refractivity contribution < 1.29 is 9.53 Å². The summed E-state index contributed by atoms with van der Waals surface area (Å²) in [5, 5.41) is 0. The van der Waals surface area contributed by atoms with E-state index in [9.17, 15) is 4.79 Å². The van der Waals surface area contributed by atoms with Gasteiger partial charge in [-0.05, 0) is 72.3 Å². The fourth-order valence-corrected chi connectivity index (χ4v) is 2.48. The molecule has 0 aromatic carbocycles. The standard InChI is InChI=1S/C20H34O2/c1-8-22-20(21)14-18(6)13-17(5)12-16(4)10-9-11-19(7)15(2)3/h13-14,16H,8-12H2,1-7H3. The van der Waals surface area contributed by atoms with Gasteiger partial charge in [-0.2, -0.15) is 0 Å². The van der Waals surface area contributed by atoms with E-state index in [1.807, 2.05) is 13.8 Å². The molecule has 0 fully saturated rings. The second kappa shape index (κ2) is 11.3. The number of esters is 1. The average Bonchev–Trinajstić information content (AvgIpc) is 2.37. The van der Waals surface area contributed by atoms with Gasteiger partial charge in [0, 0.05) is 6.08 Å². The molecule has 2 heteroatoms. The minimum absolute atomic E-state index is 0.255. The van der Waals surface area contributed by atoms with Gasteiger partial charge in [0.2, 0.25) is 0 Å². The second-order valence-electron chi connectivity index (χ2n) is 6.61. The molecule has 0 rings (SSSR count). The first-order valence-corrected chi connectivity index (χ1v) is 8.41. The molecule has 1 unspecified atom stereocenters. The van der Waals surface area contributed by atoms with Crippen molar-refractivity contribution in [1.29, 1.82) is 0 Å². The quantitative estimate of drug-likeness (QED) is 0.226. The monoisotopic (exact) mass is 306 g/mol. The molecule has 126 valence electrons. The molecule has 0 spiro atoms. The van der Waals surface area contributed by atoms with Gasteiger partial charge in [-0.1, -0.05) is 36.1 Å². The zero-order valence-corrected chi connectivity index (χ0v) is 15.6. The van der Waals surface area contributed by atoms with Crippen LogP contribution in [0.5, 0.6) is 0 Å². The minimum Gasteiger partial charge on any atom is -0.463 e. The summed E-state index contributed by atoms with van der Waals surface area (Å²) >= 11 is 0. The maximum absolute atomic E-state index is 11.4. The van der Waals surface area contributed by atoms with E-state index >= 15 is 0 Å². The molecule has 0 heterocycles. The Bertz CT molecular complexity index is 435. The maximum Gasteiger partial charge on any atom is 0.330 e. The molecule has 22 heavy (non-hydrogen) atoms. The van der Waals surface area contributed by atoms with Crippen LogP contribution < -0.4 is 0 Å². The molecule has 0 amide bonds. The number of hydrogen-bond donors (Lipinski definition) is 0. The summed E-state index contributed by atoms with van der Waals surface area (Å²) in [6.45, 7) is 15.2. The predicted octanol–water partition coefficient (Wildman–Crippen LogP) is 5.99. The van der Waals surface area contributed by atoms with Crippen LogP contribution in [-0.4, -0.2) is 12.6 Å². The van der Waals surface area contributed by atoms with Gasteiger partial charge in [-0.3, -0.25) is 0 Å². The Morgan fingerprint density at radius 1 is 1.09 bits per heavy atom. The second-order valence-corrected chi connectivity index (χ2v) is 6.61. The number of rotatable bonds is 9. The van der Waals surface area contributed by atoms with Crippen LogP contribution in [0.2, 0.25) is 0 Å². The molecular formula is C20H34O2. The van der Waals surface area contributed by atoms with Gasteiger partial charge in [0.25, 0.3) is 0 Å². The van der Waals surface area contributed by atoms with E-state index in [0.29, 0.717) is 12.5 Å². The zero-order valence-electron chi connectivity index (χ0n) is 15.6. The first kappa shape index (κ1) is 20.7. The topological polar surface area (TPSA) is 26.3 Å². The predicted molar refractivity (Wildman–Crippen MR) is 95.8 cm³/mol. The molecule has 0 aliphatic heterocycles. The van der Waals surface area contributed by atoms with Crippen LogP contribution in [0.25, 0.3) is 0 Å². The van der Waals surface area contributed by atoms with Crippen molar-refractivity contribution in [2.24, 2.45) is 5.92 Å². The Hall–Kier alpha value is -1.31. The summed E-state index contributed by atoms with van der Waals surface area (Å²) in [6, 6.07) is 0. The molecule has 0 saturated heterocycles. The fourth-order valence-electron chi connectivity index (χ4n) is 2.48. The number of carbonyl (C=O) groups is 1. The van der Waals surface area contributed by atoms with Gasteiger partial charge in [0.15, 0.2) is 0 Å². The molecule has 0 saturated carbocycles. The lowest BCUT2D eigenvalue weighted by atomic mass is 9.94.